The Labute approximate surface area is 185 Å². The molecule has 32 heavy (non-hydrogen) atoms. The fourth-order valence-electron chi connectivity index (χ4n) is 2.79. The number of nitrogens with one attached hydrogen (secondary N) is 2. The van der Waals surface area contributed by atoms with Gasteiger partial charge in [0.1, 0.15) is 11.4 Å². The minimum absolute atomic E-state index is 0.261. The first kappa shape index (κ1) is 25.5. The van der Waals surface area contributed by atoms with Gasteiger partial charge in [0.25, 0.3) is 0 Å². The van der Waals surface area contributed by atoms with Gasteiger partial charge in [-0.3, -0.25) is 0 Å². The molecule has 2 aromatic carbocycles. The summed E-state index contributed by atoms with van der Waals surface area (Å²) in [6.45, 7) is 6.64. The molecule has 2 aromatic rings. The molecule has 0 unspecified atom stereocenters. The third-order valence-corrected chi connectivity index (χ3v) is 5.61. The van der Waals surface area contributed by atoms with E-state index in [1.165, 1.54) is 0 Å². The van der Waals surface area contributed by atoms with E-state index < -0.39 is 45.9 Å². The van der Waals surface area contributed by atoms with Crippen LogP contribution < -0.4 is 14.8 Å². The zero-order valence-corrected chi connectivity index (χ0v) is 18.8. The molecular formula is C21H25F3N2O5S. The maximum Gasteiger partial charge on any atom is 0.573 e. The highest BCUT2D eigenvalue weighted by Crippen LogP contribution is 2.25. The van der Waals surface area contributed by atoms with Gasteiger partial charge in [-0.25, -0.2) is 17.9 Å². The molecule has 11 heteroatoms. The molecule has 2 atom stereocenters. The first-order valence-corrected chi connectivity index (χ1v) is 11.1. The van der Waals surface area contributed by atoms with Crippen LogP contribution in [-0.4, -0.2) is 32.5 Å². The average molecular weight is 475 g/mol. The first-order valence-electron chi connectivity index (χ1n) is 9.59. The highest BCUT2D eigenvalue weighted by atomic mass is 32.2. The van der Waals surface area contributed by atoms with Gasteiger partial charge < -0.3 is 14.8 Å². The maximum absolute atomic E-state index is 12.8. The molecule has 0 bridgehead atoms. The largest absolute Gasteiger partial charge is 0.573 e. The summed E-state index contributed by atoms with van der Waals surface area (Å²) < 4.78 is 73.9. The van der Waals surface area contributed by atoms with Crippen LogP contribution in [-0.2, 0) is 14.8 Å². The molecule has 0 heterocycles. The van der Waals surface area contributed by atoms with Crippen molar-refractivity contribution in [1.29, 1.82) is 0 Å². The van der Waals surface area contributed by atoms with Crippen molar-refractivity contribution >= 4 is 16.1 Å². The van der Waals surface area contributed by atoms with E-state index in [2.05, 4.69) is 14.8 Å². The second-order valence-corrected chi connectivity index (χ2v) is 9.68. The number of ether oxygens (including phenoxy) is 2. The zero-order valence-electron chi connectivity index (χ0n) is 17.9. The van der Waals surface area contributed by atoms with Gasteiger partial charge in [-0.2, -0.15) is 0 Å². The molecule has 2 rings (SSSR count). The van der Waals surface area contributed by atoms with E-state index in [0.717, 1.165) is 24.3 Å². The number of hydrogen-bond donors (Lipinski definition) is 2. The normalized spacial score (nSPS) is 14.3. The molecule has 7 nitrogen and oxygen atoms in total. The van der Waals surface area contributed by atoms with Gasteiger partial charge in [-0.15, -0.1) is 13.2 Å². The molecule has 0 aliphatic carbocycles. The number of sulfonamides is 1. The molecule has 0 spiro atoms. The number of alkyl carbamates (subject to hydrolysis) is 1. The van der Waals surface area contributed by atoms with Crippen LogP contribution in [0, 0.1) is 0 Å². The van der Waals surface area contributed by atoms with Crippen molar-refractivity contribution in [2.24, 2.45) is 0 Å². The summed E-state index contributed by atoms with van der Waals surface area (Å²) in [6, 6.07) is 10.9. The lowest BCUT2D eigenvalue weighted by Crippen LogP contribution is -2.45. The average Bonchev–Trinajstić information content (AvgIpc) is 2.64. The van der Waals surface area contributed by atoms with Crippen molar-refractivity contribution in [3.63, 3.8) is 0 Å². The van der Waals surface area contributed by atoms with Gasteiger partial charge in [-0.1, -0.05) is 30.3 Å². The van der Waals surface area contributed by atoms with Crippen LogP contribution in [0.4, 0.5) is 18.0 Å². The SMILES string of the molecule is C[C@H](NS(=O)(=O)c1ccc(OC(F)(F)F)cc1)[C@H](NC(=O)OC(C)(C)C)c1ccccc1. The highest BCUT2D eigenvalue weighted by Gasteiger charge is 2.32. The van der Waals surface area contributed by atoms with Gasteiger partial charge in [0.15, 0.2) is 0 Å². The number of carbonyl (C=O) groups excluding carboxylic acids is 1. The minimum atomic E-state index is -4.89. The molecule has 176 valence electrons. The topological polar surface area (TPSA) is 93.7 Å². The van der Waals surface area contributed by atoms with Crippen LogP contribution >= 0.6 is 0 Å². The second-order valence-electron chi connectivity index (χ2n) is 7.96. The van der Waals surface area contributed by atoms with Crippen LogP contribution in [0.1, 0.15) is 39.3 Å². The molecule has 0 aliphatic heterocycles. The number of rotatable bonds is 7. The number of benzene rings is 2. The van der Waals surface area contributed by atoms with Gasteiger partial charge in [0.05, 0.1) is 10.9 Å². The summed E-state index contributed by atoms with van der Waals surface area (Å²) in [6.07, 6.45) is -5.62. The van der Waals surface area contributed by atoms with E-state index in [9.17, 15) is 26.4 Å². The lowest BCUT2D eigenvalue weighted by atomic mass is 10.0. The standard InChI is InChI=1S/C21H25F3N2O5S/c1-14(18(15-8-6-5-7-9-15)25-19(27)31-20(2,3)4)26-32(28,29)17-12-10-16(11-13-17)30-21(22,23)24/h5-14,18,26H,1-4H3,(H,25,27)/t14-,18-/m0/s1. The molecule has 0 saturated carbocycles. The fraction of sp³-hybridized carbons (Fsp3) is 0.381. The van der Waals surface area contributed by atoms with Crippen LogP contribution in [0.5, 0.6) is 5.75 Å². The first-order chi connectivity index (χ1) is 14.7. The minimum Gasteiger partial charge on any atom is -0.444 e. The zero-order chi connectivity index (χ0) is 24.2. The molecule has 0 aromatic heterocycles. The van der Waals surface area contributed by atoms with Crippen molar-refractivity contribution in [1.82, 2.24) is 10.0 Å². The Bertz CT molecular complexity index is 1000. The third kappa shape index (κ3) is 8.04. The predicted octanol–water partition coefficient (Wildman–Crippen LogP) is 4.52. The van der Waals surface area contributed by atoms with Crippen LogP contribution in [0.3, 0.4) is 0 Å². The van der Waals surface area contributed by atoms with E-state index >= 15 is 0 Å². The number of carbonyl (C=O) groups is 1. The molecule has 0 fully saturated rings. The van der Waals surface area contributed by atoms with Gasteiger partial charge in [0.2, 0.25) is 10.0 Å². The van der Waals surface area contributed by atoms with E-state index in [1.54, 1.807) is 58.0 Å². The Morgan fingerprint density at radius 3 is 2.03 bits per heavy atom. The van der Waals surface area contributed by atoms with E-state index in [0.29, 0.717) is 5.56 Å². The van der Waals surface area contributed by atoms with Crippen molar-refractivity contribution in [3.05, 3.63) is 60.2 Å². The Morgan fingerprint density at radius 1 is 0.969 bits per heavy atom. The fourth-order valence-corrected chi connectivity index (χ4v) is 4.05. The molecule has 2 N–H and O–H groups in total. The smallest absolute Gasteiger partial charge is 0.444 e. The highest BCUT2D eigenvalue weighted by molar-refractivity contribution is 7.89. The molecule has 0 aliphatic rings. The van der Waals surface area contributed by atoms with E-state index in [4.69, 9.17) is 4.74 Å². The summed E-state index contributed by atoms with van der Waals surface area (Å²) in [5.41, 5.74) is -0.128. The lowest BCUT2D eigenvalue weighted by Gasteiger charge is -2.28. The Hall–Kier alpha value is -2.79. The Morgan fingerprint density at radius 2 is 1.53 bits per heavy atom. The number of halogens is 3. The molecular weight excluding hydrogens is 449 g/mol. The molecule has 0 saturated heterocycles. The molecule has 1 amide bonds. The van der Waals surface area contributed by atoms with Crippen LogP contribution in [0.15, 0.2) is 59.5 Å². The monoisotopic (exact) mass is 474 g/mol. The predicted molar refractivity (Wildman–Crippen MR) is 111 cm³/mol. The Balaban J connectivity index is 2.22. The van der Waals surface area contributed by atoms with Gasteiger partial charge in [-0.05, 0) is 57.5 Å². The van der Waals surface area contributed by atoms with Crippen LogP contribution in [0.2, 0.25) is 0 Å². The second kappa shape index (κ2) is 9.78. The summed E-state index contributed by atoms with van der Waals surface area (Å²) >= 11 is 0. The summed E-state index contributed by atoms with van der Waals surface area (Å²) in [5.74, 6) is -0.543. The molecule has 0 radical (unpaired) electrons. The summed E-state index contributed by atoms with van der Waals surface area (Å²) in [7, 11) is -4.12. The number of alkyl halides is 3. The maximum atomic E-state index is 12.8. The quantitative estimate of drug-likeness (QED) is 0.616. The number of amides is 1. The van der Waals surface area contributed by atoms with Crippen molar-refractivity contribution in [3.8, 4) is 5.75 Å². The summed E-state index contributed by atoms with van der Waals surface area (Å²) in [4.78, 5) is 12.1. The van der Waals surface area contributed by atoms with Gasteiger partial charge in [0, 0.05) is 6.04 Å². The van der Waals surface area contributed by atoms with Crippen molar-refractivity contribution < 1.29 is 35.9 Å². The van der Waals surface area contributed by atoms with Crippen LogP contribution in [0.25, 0.3) is 0 Å². The van der Waals surface area contributed by atoms with Gasteiger partial charge >= 0.3 is 12.5 Å². The van der Waals surface area contributed by atoms with E-state index in [1.807, 2.05) is 0 Å². The third-order valence-electron chi connectivity index (χ3n) is 4.04. The van der Waals surface area contributed by atoms with Crippen molar-refractivity contribution in [2.75, 3.05) is 0 Å². The Kier molecular flexibility index (Phi) is 7.79. The van der Waals surface area contributed by atoms with E-state index in [-0.39, 0.29) is 4.90 Å². The lowest BCUT2D eigenvalue weighted by molar-refractivity contribution is -0.274. The summed E-state index contributed by atoms with van der Waals surface area (Å²) in [5, 5.41) is 2.67. The van der Waals surface area contributed by atoms with Crippen molar-refractivity contribution in [2.45, 2.75) is 56.6 Å². The number of hydrogen-bond acceptors (Lipinski definition) is 5.